The van der Waals surface area contributed by atoms with Gasteiger partial charge >= 0.3 is 0 Å². The summed E-state index contributed by atoms with van der Waals surface area (Å²) in [5.41, 5.74) is 1.78. The Morgan fingerprint density at radius 3 is 2.82 bits per heavy atom. The maximum absolute atomic E-state index is 12.1. The van der Waals surface area contributed by atoms with Gasteiger partial charge in [-0.2, -0.15) is 0 Å². The van der Waals surface area contributed by atoms with Crippen LogP contribution in [0.2, 0.25) is 0 Å². The molecule has 1 nitrogen and oxygen atoms in total. The summed E-state index contributed by atoms with van der Waals surface area (Å²) in [6.45, 7) is 7.13. The normalized spacial score (nSPS) is 53.5. The monoisotopic (exact) mass is 318 g/mol. The van der Waals surface area contributed by atoms with Crippen molar-refractivity contribution in [2.45, 2.75) is 58.3 Å². The number of ketones is 1. The molecule has 7 atom stereocenters. The number of fused-ring (bicyclic) bond motifs is 5. The van der Waals surface area contributed by atoms with Crippen LogP contribution in [-0.4, -0.2) is 11.2 Å². The van der Waals surface area contributed by atoms with Gasteiger partial charge in [-0.15, -0.1) is 11.6 Å². The average Bonchev–Trinajstić information content (AvgIpc) is 2.84. The van der Waals surface area contributed by atoms with Crippen LogP contribution in [0.3, 0.4) is 0 Å². The maximum Gasteiger partial charge on any atom is 0.156 e. The summed E-state index contributed by atoms with van der Waals surface area (Å²) in [4.78, 5) is 12.1. The van der Waals surface area contributed by atoms with Crippen molar-refractivity contribution in [2.75, 3.05) is 0 Å². The van der Waals surface area contributed by atoms with Gasteiger partial charge in [0.1, 0.15) is 0 Å². The average molecular weight is 319 g/mol. The lowest BCUT2D eigenvalue weighted by molar-refractivity contribution is -0.119. The standard InChI is InChI=1S/C20H27ClO/c1-12-9-13(22)10-17-18(21)11-14-15-5-4-7-19(15,2)8-6-16(14)20(12,17)3/h4,7,10,12,14-16,18H,5-6,8-9,11H2,1-3H3/t12-,14?,15?,16?,18-,19+,20-/m1/s1. The van der Waals surface area contributed by atoms with Crippen LogP contribution >= 0.6 is 11.6 Å². The van der Waals surface area contributed by atoms with Crippen molar-refractivity contribution in [1.29, 1.82) is 0 Å². The van der Waals surface area contributed by atoms with Crippen LogP contribution < -0.4 is 0 Å². The van der Waals surface area contributed by atoms with E-state index in [-0.39, 0.29) is 16.6 Å². The van der Waals surface area contributed by atoms with E-state index in [1.807, 2.05) is 6.08 Å². The van der Waals surface area contributed by atoms with E-state index in [9.17, 15) is 4.79 Å². The lowest BCUT2D eigenvalue weighted by Crippen LogP contribution is -2.54. The van der Waals surface area contributed by atoms with Gasteiger partial charge in [-0.1, -0.05) is 32.9 Å². The molecule has 0 aromatic carbocycles. The minimum Gasteiger partial charge on any atom is -0.295 e. The van der Waals surface area contributed by atoms with E-state index in [0.29, 0.717) is 29.6 Å². The van der Waals surface area contributed by atoms with Crippen LogP contribution in [0.15, 0.2) is 23.8 Å². The summed E-state index contributed by atoms with van der Waals surface area (Å²) in [6, 6.07) is 0. The van der Waals surface area contributed by atoms with Crippen LogP contribution in [0.25, 0.3) is 0 Å². The summed E-state index contributed by atoms with van der Waals surface area (Å²) in [5, 5.41) is 0.0564. The van der Waals surface area contributed by atoms with Crippen LogP contribution in [-0.2, 0) is 4.79 Å². The van der Waals surface area contributed by atoms with Gasteiger partial charge in [-0.25, -0.2) is 0 Å². The highest BCUT2D eigenvalue weighted by molar-refractivity contribution is 6.23. The number of rotatable bonds is 0. The molecule has 0 N–H and O–H groups in total. The summed E-state index contributed by atoms with van der Waals surface area (Å²) < 4.78 is 0. The Morgan fingerprint density at radius 1 is 1.27 bits per heavy atom. The second-order valence-electron chi connectivity index (χ2n) is 8.72. The Bertz CT molecular complexity index is 576. The summed E-state index contributed by atoms with van der Waals surface area (Å²) in [7, 11) is 0. The van der Waals surface area contributed by atoms with Crippen molar-refractivity contribution in [2.24, 2.45) is 34.5 Å². The molecule has 2 fully saturated rings. The predicted octanol–water partition coefficient (Wildman–Crippen LogP) is 5.15. The first-order chi connectivity index (χ1) is 10.4. The number of carbonyl (C=O) groups excluding carboxylic acids is 1. The summed E-state index contributed by atoms with van der Waals surface area (Å²) in [6.07, 6.45) is 12.4. The highest BCUT2D eigenvalue weighted by Crippen LogP contribution is 2.65. The second kappa shape index (κ2) is 4.72. The fraction of sp³-hybridized carbons (Fsp3) is 0.750. The van der Waals surface area contributed by atoms with E-state index in [0.717, 1.165) is 12.3 Å². The molecule has 4 aliphatic carbocycles. The predicted molar refractivity (Wildman–Crippen MR) is 90.8 cm³/mol. The number of carbonyl (C=O) groups is 1. The minimum absolute atomic E-state index is 0.0564. The van der Waals surface area contributed by atoms with Crippen molar-refractivity contribution in [3.05, 3.63) is 23.8 Å². The molecular weight excluding hydrogens is 292 g/mol. The van der Waals surface area contributed by atoms with Gasteiger partial charge in [0.05, 0.1) is 5.38 Å². The van der Waals surface area contributed by atoms with E-state index < -0.39 is 0 Å². The molecule has 3 unspecified atom stereocenters. The third-order valence-corrected chi connectivity index (χ3v) is 8.23. The highest BCUT2D eigenvalue weighted by Gasteiger charge is 2.58. The molecule has 2 heteroatoms. The Morgan fingerprint density at radius 2 is 2.05 bits per heavy atom. The molecule has 0 aromatic rings. The SMILES string of the molecule is C[C@@H]1CC(=O)C=C2[C@H](Cl)CC3C4CC=C[C@@]4(C)CCC3[C@]21C. The van der Waals surface area contributed by atoms with E-state index >= 15 is 0 Å². The first kappa shape index (κ1) is 15.0. The Hall–Kier alpha value is -0.560. The fourth-order valence-corrected chi connectivity index (χ4v) is 6.91. The topological polar surface area (TPSA) is 17.1 Å². The molecule has 2 saturated carbocycles. The van der Waals surface area contributed by atoms with Gasteiger partial charge in [-0.05, 0) is 71.8 Å². The van der Waals surface area contributed by atoms with E-state index in [4.69, 9.17) is 11.6 Å². The zero-order valence-corrected chi connectivity index (χ0v) is 14.7. The van der Waals surface area contributed by atoms with Crippen molar-refractivity contribution < 1.29 is 4.79 Å². The van der Waals surface area contributed by atoms with Gasteiger partial charge in [0.15, 0.2) is 5.78 Å². The Balaban J connectivity index is 1.77. The van der Waals surface area contributed by atoms with Gasteiger partial charge in [-0.3, -0.25) is 4.79 Å². The van der Waals surface area contributed by atoms with Gasteiger partial charge in [0.2, 0.25) is 0 Å². The maximum atomic E-state index is 12.1. The van der Waals surface area contributed by atoms with E-state index in [1.165, 1.54) is 24.8 Å². The van der Waals surface area contributed by atoms with Gasteiger partial charge in [0.25, 0.3) is 0 Å². The lowest BCUT2D eigenvalue weighted by Gasteiger charge is -2.60. The zero-order valence-electron chi connectivity index (χ0n) is 13.9. The smallest absolute Gasteiger partial charge is 0.156 e. The zero-order chi connectivity index (χ0) is 15.7. The molecule has 4 aliphatic rings. The van der Waals surface area contributed by atoms with Crippen LogP contribution in [0, 0.1) is 34.5 Å². The molecule has 0 amide bonds. The molecule has 22 heavy (non-hydrogen) atoms. The number of allylic oxidation sites excluding steroid dienone is 4. The van der Waals surface area contributed by atoms with Gasteiger partial charge in [0, 0.05) is 6.42 Å². The van der Waals surface area contributed by atoms with Crippen molar-refractivity contribution in [3.63, 3.8) is 0 Å². The van der Waals surface area contributed by atoms with Crippen LogP contribution in [0.4, 0.5) is 0 Å². The summed E-state index contributed by atoms with van der Waals surface area (Å²) in [5.74, 6) is 2.89. The lowest BCUT2D eigenvalue weighted by atomic mass is 9.45. The Labute approximate surface area is 139 Å². The number of alkyl halides is 1. The molecule has 0 heterocycles. The van der Waals surface area contributed by atoms with Gasteiger partial charge < -0.3 is 0 Å². The van der Waals surface area contributed by atoms with Crippen molar-refractivity contribution in [1.82, 2.24) is 0 Å². The molecule has 0 radical (unpaired) electrons. The molecular formula is C20H27ClO. The largest absolute Gasteiger partial charge is 0.295 e. The minimum atomic E-state index is 0.0564. The molecule has 120 valence electrons. The van der Waals surface area contributed by atoms with Crippen molar-refractivity contribution >= 4 is 17.4 Å². The quantitative estimate of drug-likeness (QED) is 0.446. The van der Waals surface area contributed by atoms with Crippen LogP contribution in [0.1, 0.15) is 52.9 Å². The molecule has 0 bridgehead atoms. The molecule has 0 aromatic heterocycles. The summed E-state index contributed by atoms with van der Waals surface area (Å²) >= 11 is 6.83. The van der Waals surface area contributed by atoms with E-state index in [1.54, 1.807) is 0 Å². The van der Waals surface area contributed by atoms with Crippen LogP contribution in [0.5, 0.6) is 0 Å². The van der Waals surface area contributed by atoms with E-state index in [2.05, 4.69) is 32.9 Å². The number of hydrogen-bond donors (Lipinski definition) is 0. The molecule has 0 spiro atoms. The second-order valence-corrected chi connectivity index (χ2v) is 9.24. The first-order valence-corrected chi connectivity index (χ1v) is 9.36. The Kier molecular flexibility index (Phi) is 3.22. The molecule has 0 saturated heterocycles. The number of halogens is 1. The van der Waals surface area contributed by atoms with Crippen molar-refractivity contribution in [3.8, 4) is 0 Å². The molecule has 4 rings (SSSR count). The molecule has 0 aliphatic heterocycles. The third kappa shape index (κ3) is 1.81. The highest BCUT2D eigenvalue weighted by atomic mass is 35.5. The fourth-order valence-electron chi connectivity index (χ4n) is 6.40. The third-order valence-electron chi connectivity index (χ3n) is 7.82. The first-order valence-electron chi connectivity index (χ1n) is 8.93. The number of hydrogen-bond acceptors (Lipinski definition) is 1.